The maximum absolute atomic E-state index is 12.8. The van der Waals surface area contributed by atoms with Gasteiger partial charge in [0, 0.05) is 19.2 Å². The number of nitrogens with zero attached hydrogens (tertiary/aromatic N) is 2. The van der Waals surface area contributed by atoms with E-state index in [1.807, 2.05) is 0 Å². The van der Waals surface area contributed by atoms with Crippen LogP contribution in [-0.4, -0.2) is 33.5 Å². The predicted molar refractivity (Wildman–Crippen MR) is 113 cm³/mol. The van der Waals surface area contributed by atoms with Crippen molar-refractivity contribution in [1.82, 2.24) is 0 Å². The maximum atomic E-state index is 12.8. The number of esters is 1. The van der Waals surface area contributed by atoms with E-state index in [0.29, 0.717) is 11.4 Å². The first-order valence-corrected chi connectivity index (χ1v) is 10.4. The number of nitro benzene ring substituents is 1. The molecule has 0 radical (unpaired) electrons. The average Bonchev–Trinajstić information content (AvgIpc) is 2.79. The van der Waals surface area contributed by atoms with Crippen LogP contribution in [-0.2, 0) is 10.0 Å². The van der Waals surface area contributed by atoms with Crippen LogP contribution in [0.1, 0.15) is 10.4 Å². The van der Waals surface area contributed by atoms with Crippen LogP contribution < -0.4 is 13.8 Å². The number of carbonyl (C=O) groups excluding carboxylic acids is 1. The van der Waals surface area contributed by atoms with Crippen LogP contribution in [0.4, 0.5) is 11.4 Å². The highest BCUT2D eigenvalue weighted by Crippen LogP contribution is 2.26. The van der Waals surface area contributed by atoms with Crippen molar-refractivity contribution in [2.45, 2.75) is 4.90 Å². The zero-order valence-corrected chi connectivity index (χ0v) is 17.4. The van der Waals surface area contributed by atoms with Gasteiger partial charge in [-0.15, -0.1) is 0 Å². The number of carbonyl (C=O) groups is 1. The van der Waals surface area contributed by atoms with Crippen molar-refractivity contribution in [3.8, 4) is 11.5 Å². The lowest BCUT2D eigenvalue weighted by Crippen LogP contribution is -2.26. The molecule has 10 heteroatoms. The van der Waals surface area contributed by atoms with E-state index < -0.39 is 20.9 Å². The van der Waals surface area contributed by atoms with Gasteiger partial charge in [-0.05, 0) is 54.6 Å². The number of hydrogen-bond acceptors (Lipinski definition) is 7. The topological polar surface area (TPSA) is 116 Å². The molecule has 0 atom stereocenters. The molecule has 0 saturated carbocycles. The zero-order chi connectivity index (χ0) is 22.6. The van der Waals surface area contributed by atoms with E-state index in [4.69, 9.17) is 9.47 Å². The summed E-state index contributed by atoms with van der Waals surface area (Å²) in [4.78, 5) is 22.6. The first-order valence-electron chi connectivity index (χ1n) is 8.92. The van der Waals surface area contributed by atoms with E-state index in [-0.39, 0.29) is 21.9 Å². The molecule has 0 saturated heterocycles. The van der Waals surface area contributed by atoms with Gasteiger partial charge in [-0.1, -0.05) is 6.07 Å². The highest BCUT2D eigenvalue weighted by Gasteiger charge is 2.21. The molecular weight excluding hydrogens is 424 g/mol. The number of ether oxygens (including phenoxy) is 2. The molecule has 0 heterocycles. The van der Waals surface area contributed by atoms with E-state index in [2.05, 4.69) is 0 Å². The summed E-state index contributed by atoms with van der Waals surface area (Å²) in [6.45, 7) is 0. The third-order valence-electron chi connectivity index (χ3n) is 4.42. The van der Waals surface area contributed by atoms with E-state index in [9.17, 15) is 23.3 Å². The lowest BCUT2D eigenvalue weighted by atomic mass is 10.2. The number of non-ortho nitro benzene ring substituents is 1. The van der Waals surface area contributed by atoms with E-state index in [1.54, 1.807) is 12.1 Å². The van der Waals surface area contributed by atoms with Gasteiger partial charge in [0.1, 0.15) is 11.5 Å². The summed E-state index contributed by atoms with van der Waals surface area (Å²) >= 11 is 0. The summed E-state index contributed by atoms with van der Waals surface area (Å²) in [5, 5.41) is 10.8. The van der Waals surface area contributed by atoms with Crippen LogP contribution in [0.15, 0.2) is 77.7 Å². The molecule has 0 aliphatic heterocycles. The third-order valence-corrected chi connectivity index (χ3v) is 6.22. The Morgan fingerprint density at radius 3 is 2.16 bits per heavy atom. The monoisotopic (exact) mass is 442 g/mol. The highest BCUT2D eigenvalue weighted by atomic mass is 32.2. The predicted octanol–water partition coefficient (Wildman–Crippen LogP) is 3.65. The standard InChI is InChI=1S/C21H18N2O7S/c1-22(31(27,28)20-12-10-18(29-2)11-13-20)16-6-8-19(9-7-16)30-21(24)15-4-3-5-17(14-15)23(25)26/h3-14H,1-2H3. The van der Waals surface area contributed by atoms with Crippen LogP contribution in [0, 0.1) is 10.1 Å². The Bertz CT molecular complexity index is 1210. The van der Waals surface area contributed by atoms with Crippen molar-refractivity contribution < 1.29 is 27.6 Å². The molecule has 0 unspecified atom stereocenters. The Labute approximate surface area is 178 Å². The van der Waals surface area contributed by atoms with Crippen molar-refractivity contribution in [1.29, 1.82) is 0 Å². The van der Waals surface area contributed by atoms with Crippen LogP contribution >= 0.6 is 0 Å². The normalized spacial score (nSPS) is 10.9. The smallest absolute Gasteiger partial charge is 0.343 e. The first kappa shape index (κ1) is 21.8. The van der Waals surface area contributed by atoms with Crippen LogP contribution in [0.25, 0.3) is 0 Å². The minimum atomic E-state index is -3.80. The minimum absolute atomic E-state index is 0.0254. The Morgan fingerprint density at radius 2 is 1.58 bits per heavy atom. The summed E-state index contributed by atoms with van der Waals surface area (Å²) in [6, 6.07) is 17.0. The highest BCUT2D eigenvalue weighted by molar-refractivity contribution is 7.92. The molecule has 0 aliphatic carbocycles. The Kier molecular flexibility index (Phi) is 6.21. The Morgan fingerprint density at radius 1 is 0.968 bits per heavy atom. The molecule has 0 spiro atoms. The number of hydrogen-bond donors (Lipinski definition) is 0. The number of benzene rings is 3. The van der Waals surface area contributed by atoms with Gasteiger partial charge in [0.05, 0.1) is 28.2 Å². The molecule has 0 aliphatic rings. The lowest BCUT2D eigenvalue weighted by Gasteiger charge is -2.20. The number of methoxy groups -OCH3 is 1. The van der Waals surface area contributed by atoms with E-state index >= 15 is 0 Å². The molecule has 3 aromatic carbocycles. The van der Waals surface area contributed by atoms with Gasteiger partial charge >= 0.3 is 5.97 Å². The lowest BCUT2D eigenvalue weighted by molar-refractivity contribution is -0.384. The second-order valence-corrected chi connectivity index (χ2v) is 8.31. The molecule has 0 fully saturated rings. The molecule has 160 valence electrons. The SMILES string of the molecule is COc1ccc(S(=O)(=O)N(C)c2ccc(OC(=O)c3cccc([N+](=O)[O-])c3)cc2)cc1. The third kappa shape index (κ3) is 4.81. The fourth-order valence-corrected chi connectivity index (χ4v) is 3.88. The van der Waals surface area contributed by atoms with Gasteiger partial charge in [0.2, 0.25) is 0 Å². The number of anilines is 1. The van der Waals surface area contributed by atoms with Gasteiger partial charge in [0.25, 0.3) is 15.7 Å². The van der Waals surface area contributed by atoms with Gasteiger partial charge in [0.15, 0.2) is 0 Å². The summed E-state index contributed by atoms with van der Waals surface area (Å²) in [7, 11) is -0.907. The van der Waals surface area contributed by atoms with Crippen molar-refractivity contribution in [3.63, 3.8) is 0 Å². The van der Waals surface area contributed by atoms with E-state index in [0.717, 1.165) is 10.4 Å². The summed E-state index contributed by atoms with van der Waals surface area (Å²) in [6.07, 6.45) is 0. The second-order valence-electron chi connectivity index (χ2n) is 6.34. The fourth-order valence-electron chi connectivity index (χ4n) is 2.68. The number of rotatable bonds is 7. The Balaban J connectivity index is 1.75. The molecular formula is C21H18N2O7S. The second kappa shape index (κ2) is 8.84. The van der Waals surface area contributed by atoms with Gasteiger partial charge in [-0.25, -0.2) is 13.2 Å². The number of sulfonamides is 1. The zero-order valence-electron chi connectivity index (χ0n) is 16.6. The Hall–Kier alpha value is -3.92. The maximum Gasteiger partial charge on any atom is 0.343 e. The van der Waals surface area contributed by atoms with Crippen molar-refractivity contribution in [3.05, 3.63) is 88.5 Å². The molecule has 9 nitrogen and oxygen atoms in total. The molecule has 3 aromatic rings. The molecule has 0 N–H and O–H groups in total. The van der Waals surface area contributed by atoms with E-state index in [1.165, 1.54) is 68.8 Å². The minimum Gasteiger partial charge on any atom is -0.497 e. The molecule has 0 bridgehead atoms. The van der Waals surface area contributed by atoms with Crippen LogP contribution in [0.5, 0.6) is 11.5 Å². The number of nitro groups is 1. The summed E-state index contributed by atoms with van der Waals surface area (Å²) < 4.78 is 37.0. The average molecular weight is 442 g/mol. The quantitative estimate of drug-likeness (QED) is 0.237. The largest absolute Gasteiger partial charge is 0.497 e. The van der Waals surface area contributed by atoms with Crippen molar-refractivity contribution in [2.75, 3.05) is 18.5 Å². The van der Waals surface area contributed by atoms with Crippen LogP contribution in [0.3, 0.4) is 0 Å². The fraction of sp³-hybridized carbons (Fsp3) is 0.0952. The summed E-state index contributed by atoms with van der Waals surface area (Å²) in [5.41, 5.74) is 0.151. The summed E-state index contributed by atoms with van der Waals surface area (Å²) in [5.74, 6) is -0.0670. The van der Waals surface area contributed by atoms with Crippen molar-refractivity contribution >= 4 is 27.4 Å². The molecule has 0 aromatic heterocycles. The van der Waals surface area contributed by atoms with Gasteiger partial charge < -0.3 is 9.47 Å². The molecule has 0 amide bonds. The molecule has 3 rings (SSSR count). The first-order chi connectivity index (χ1) is 14.7. The van der Waals surface area contributed by atoms with Crippen molar-refractivity contribution in [2.24, 2.45) is 0 Å². The van der Waals surface area contributed by atoms with Crippen LogP contribution in [0.2, 0.25) is 0 Å². The molecule has 31 heavy (non-hydrogen) atoms. The van der Waals surface area contributed by atoms with Gasteiger partial charge in [-0.2, -0.15) is 0 Å². The van der Waals surface area contributed by atoms with Gasteiger partial charge in [-0.3, -0.25) is 14.4 Å².